The van der Waals surface area contributed by atoms with Gasteiger partial charge in [-0.15, -0.1) is 0 Å². The monoisotopic (exact) mass is 453 g/mol. The molecule has 3 nitrogen and oxygen atoms in total. The van der Waals surface area contributed by atoms with E-state index in [0.717, 1.165) is 6.07 Å². The number of nitrogens with one attached hydrogen (secondary N) is 1. The Morgan fingerprint density at radius 1 is 1.04 bits per heavy atom. The van der Waals surface area contributed by atoms with Crippen LogP contribution in [0.1, 0.15) is 35.4 Å². The molecule has 3 aromatic rings. The first-order valence-electron chi connectivity index (χ1n) is 8.90. The van der Waals surface area contributed by atoms with Crippen molar-refractivity contribution < 1.29 is 17.6 Å². The minimum absolute atomic E-state index is 0.194. The Balaban J connectivity index is 1.81. The zero-order chi connectivity index (χ0) is 19.9. The molecule has 0 amide bonds. The van der Waals surface area contributed by atoms with Crippen molar-refractivity contribution in [2.75, 3.05) is 5.32 Å². The largest absolute Gasteiger partial charge is 0.416 e. The zero-order valence-corrected chi connectivity index (χ0v) is 16.3. The molecule has 0 unspecified atom stereocenters. The van der Waals surface area contributed by atoms with Gasteiger partial charge in [-0.05, 0) is 58.5 Å². The van der Waals surface area contributed by atoms with Crippen LogP contribution in [-0.4, -0.2) is 9.97 Å². The van der Waals surface area contributed by atoms with Crippen LogP contribution in [0.15, 0.2) is 34.8 Å². The number of halogens is 5. The van der Waals surface area contributed by atoms with Crippen LogP contribution in [0, 0.1) is 5.82 Å². The molecule has 28 heavy (non-hydrogen) atoms. The summed E-state index contributed by atoms with van der Waals surface area (Å²) in [6.45, 7) is 0.194. The number of aromatic nitrogens is 2. The van der Waals surface area contributed by atoms with Gasteiger partial charge in [-0.3, -0.25) is 0 Å². The Morgan fingerprint density at radius 2 is 1.82 bits per heavy atom. The van der Waals surface area contributed by atoms with Crippen molar-refractivity contribution in [1.29, 1.82) is 0 Å². The summed E-state index contributed by atoms with van der Waals surface area (Å²) in [4.78, 5) is 8.96. The smallest absolute Gasteiger partial charge is 0.365 e. The van der Waals surface area contributed by atoms with Gasteiger partial charge in [-0.2, -0.15) is 13.2 Å². The Bertz CT molecular complexity index is 1050. The van der Waals surface area contributed by atoms with Crippen molar-refractivity contribution in [3.8, 4) is 0 Å². The number of alkyl halides is 3. The highest BCUT2D eigenvalue weighted by Crippen LogP contribution is 2.35. The third kappa shape index (κ3) is 3.70. The minimum atomic E-state index is -4.39. The summed E-state index contributed by atoms with van der Waals surface area (Å²) in [6, 6.07) is 7.19. The molecule has 0 aliphatic carbocycles. The van der Waals surface area contributed by atoms with Crippen molar-refractivity contribution in [3.05, 3.63) is 63.1 Å². The van der Waals surface area contributed by atoms with Gasteiger partial charge in [0.1, 0.15) is 17.5 Å². The van der Waals surface area contributed by atoms with Gasteiger partial charge in [0.2, 0.25) is 0 Å². The maximum absolute atomic E-state index is 13.9. The quantitative estimate of drug-likeness (QED) is 0.421. The molecule has 2 heterocycles. The Morgan fingerprint density at radius 3 is 2.61 bits per heavy atom. The number of fused-ring (bicyclic) bond motifs is 5. The zero-order valence-electron chi connectivity index (χ0n) is 14.7. The van der Waals surface area contributed by atoms with Gasteiger partial charge in [0, 0.05) is 24.4 Å². The van der Waals surface area contributed by atoms with Crippen molar-refractivity contribution >= 4 is 32.7 Å². The first kappa shape index (κ1) is 19.1. The van der Waals surface area contributed by atoms with Crippen LogP contribution in [-0.2, 0) is 25.6 Å². The van der Waals surface area contributed by atoms with E-state index >= 15 is 0 Å². The van der Waals surface area contributed by atoms with Gasteiger partial charge in [-0.1, -0.05) is 12.1 Å². The number of hydrogen-bond donors (Lipinski definition) is 1. The highest BCUT2D eigenvalue weighted by Gasteiger charge is 2.33. The van der Waals surface area contributed by atoms with Crippen molar-refractivity contribution in [2.45, 2.75) is 38.4 Å². The molecular formula is C20H16BrF4N3. The second-order valence-electron chi connectivity index (χ2n) is 6.77. The fraction of sp³-hybridized carbons (Fsp3) is 0.300. The molecule has 8 heteroatoms. The molecule has 2 aromatic carbocycles. The number of nitrogens with zero attached hydrogens (tertiary/aromatic N) is 2. The molecule has 0 atom stereocenters. The first-order chi connectivity index (χ1) is 13.3. The summed E-state index contributed by atoms with van der Waals surface area (Å²) < 4.78 is 54.6. The summed E-state index contributed by atoms with van der Waals surface area (Å²) in [7, 11) is 0. The molecule has 0 saturated carbocycles. The maximum atomic E-state index is 13.9. The van der Waals surface area contributed by atoms with E-state index < -0.39 is 17.6 Å². The number of hydrogen-bond acceptors (Lipinski definition) is 3. The van der Waals surface area contributed by atoms with Crippen LogP contribution in [0.3, 0.4) is 0 Å². The molecule has 146 valence electrons. The van der Waals surface area contributed by atoms with Crippen LogP contribution in [0.25, 0.3) is 10.9 Å². The van der Waals surface area contributed by atoms with Gasteiger partial charge < -0.3 is 5.32 Å². The summed E-state index contributed by atoms with van der Waals surface area (Å²) >= 11 is 3.17. The standard InChI is InChI=1S/C20H16BrF4N3/c21-15-8-13-17(9-16(15)22)27-18-7-2-1-5-12-11(10-26-19(13)28-18)4-3-6-14(12)20(23,24)25/h3-4,6,8-9H,1-2,5,7,10H2,(H,26,27,28). The molecule has 1 N–H and O–H groups in total. The minimum Gasteiger partial charge on any atom is -0.365 e. The second-order valence-corrected chi connectivity index (χ2v) is 7.63. The highest BCUT2D eigenvalue weighted by atomic mass is 79.9. The topological polar surface area (TPSA) is 37.8 Å². The van der Waals surface area contributed by atoms with Crippen molar-refractivity contribution in [3.63, 3.8) is 0 Å². The SMILES string of the molecule is Fc1cc2nc3nc(c2cc1Br)NCc1cccc(C(F)(F)F)c1CCCC3. The highest BCUT2D eigenvalue weighted by molar-refractivity contribution is 9.10. The van der Waals surface area contributed by atoms with E-state index in [1.807, 2.05) is 0 Å². The Hall–Kier alpha value is -2.22. The second kappa shape index (κ2) is 7.31. The van der Waals surface area contributed by atoms with E-state index in [0.29, 0.717) is 59.4 Å². The van der Waals surface area contributed by atoms with E-state index in [9.17, 15) is 17.6 Å². The summed E-state index contributed by atoms with van der Waals surface area (Å²) in [5, 5.41) is 3.76. The lowest BCUT2D eigenvalue weighted by atomic mass is 9.95. The third-order valence-electron chi connectivity index (χ3n) is 4.89. The van der Waals surface area contributed by atoms with E-state index in [1.165, 1.54) is 12.1 Å². The van der Waals surface area contributed by atoms with Crippen LogP contribution in [0.5, 0.6) is 0 Å². The third-order valence-corrected chi connectivity index (χ3v) is 5.49. The average Bonchev–Trinajstić information content (AvgIpc) is 2.66. The van der Waals surface area contributed by atoms with E-state index in [4.69, 9.17) is 0 Å². The summed E-state index contributed by atoms with van der Waals surface area (Å²) in [6.07, 6.45) is -2.30. The lowest BCUT2D eigenvalue weighted by Crippen LogP contribution is -2.13. The fourth-order valence-electron chi connectivity index (χ4n) is 3.54. The first-order valence-corrected chi connectivity index (χ1v) is 9.70. The van der Waals surface area contributed by atoms with Crippen molar-refractivity contribution in [1.82, 2.24) is 9.97 Å². The van der Waals surface area contributed by atoms with Gasteiger partial charge in [-0.25, -0.2) is 14.4 Å². The molecule has 2 bridgehead atoms. The molecule has 4 rings (SSSR count). The van der Waals surface area contributed by atoms with Gasteiger partial charge in [0.05, 0.1) is 15.6 Å². The molecule has 0 saturated heterocycles. The summed E-state index contributed by atoms with van der Waals surface area (Å²) in [5.41, 5.74) is 0.795. The van der Waals surface area contributed by atoms with E-state index in [-0.39, 0.29) is 11.0 Å². The van der Waals surface area contributed by atoms with Gasteiger partial charge >= 0.3 is 6.18 Å². The number of anilines is 1. The predicted octanol–water partition coefficient (Wildman–Crippen LogP) is 6.04. The van der Waals surface area contributed by atoms with Gasteiger partial charge in [0.25, 0.3) is 0 Å². The van der Waals surface area contributed by atoms with Gasteiger partial charge in [0.15, 0.2) is 0 Å². The number of benzene rings is 2. The molecule has 1 aliphatic heterocycles. The Kier molecular flexibility index (Phi) is 4.99. The Labute approximate surface area is 167 Å². The molecule has 0 fully saturated rings. The van der Waals surface area contributed by atoms with Crippen molar-refractivity contribution in [2.24, 2.45) is 0 Å². The summed E-state index contributed by atoms with van der Waals surface area (Å²) in [5.74, 6) is 0.622. The average molecular weight is 454 g/mol. The molecule has 0 spiro atoms. The van der Waals surface area contributed by atoms with E-state index in [1.54, 1.807) is 12.1 Å². The fourth-order valence-corrected chi connectivity index (χ4v) is 3.89. The van der Waals surface area contributed by atoms with Crippen LogP contribution < -0.4 is 5.32 Å². The lowest BCUT2D eigenvalue weighted by molar-refractivity contribution is -0.138. The number of aryl methyl sites for hydroxylation is 1. The predicted molar refractivity (Wildman–Crippen MR) is 103 cm³/mol. The molecule has 0 radical (unpaired) electrons. The maximum Gasteiger partial charge on any atom is 0.416 e. The van der Waals surface area contributed by atoms with Crippen LogP contribution in [0.2, 0.25) is 0 Å². The normalized spacial score (nSPS) is 14.9. The lowest BCUT2D eigenvalue weighted by Gasteiger charge is -2.17. The van der Waals surface area contributed by atoms with Crippen LogP contribution in [0.4, 0.5) is 23.4 Å². The molecule has 1 aliphatic rings. The van der Waals surface area contributed by atoms with E-state index in [2.05, 4.69) is 31.2 Å². The molecule has 1 aromatic heterocycles. The number of rotatable bonds is 0. The molecular weight excluding hydrogens is 438 g/mol. The van der Waals surface area contributed by atoms with Crippen LogP contribution >= 0.6 is 15.9 Å².